The number of nitrogens with zero attached hydrogens (tertiary/aromatic N) is 3. The zero-order valence-corrected chi connectivity index (χ0v) is 17.7. The Hall–Kier alpha value is -3.93. The number of aryl methyl sites for hydroxylation is 2. The quantitative estimate of drug-likeness (QED) is 0.323. The summed E-state index contributed by atoms with van der Waals surface area (Å²) in [4.78, 5) is 16.9. The van der Waals surface area contributed by atoms with E-state index in [2.05, 4.69) is 10.1 Å². The summed E-state index contributed by atoms with van der Waals surface area (Å²) in [6.07, 6.45) is 5.09. The van der Waals surface area contributed by atoms with Gasteiger partial charge in [-0.05, 0) is 48.9 Å². The second kappa shape index (κ2) is 8.83. The van der Waals surface area contributed by atoms with E-state index in [9.17, 15) is 4.79 Å². The highest BCUT2D eigenvalue weighted by molar-refractivity contribution is 6.05. The smallest absolute Gasteiger partial charge is 0.203 e. The summed E-state index contributed by atoms with van der Waals surface area (Å²) in [5.41, 5.74) is 3.93. The number of hydrogen-bond donors (Lipinski definition) is 0. The van der Waals surface area contributed by atoms with Crippen molar-refractivity contribution in [3.05, 3.63) is 89.4 Å². The first kappa shape index (κ1) is 20.3. The molecule has 0 saturated heterocycles. The minimum absolute atomic E-state index is 0.0986. The first-order valence-corrected chi connectivity index (χ1v) is 9.91. The Morgan fingerprint density at radius 2 is 1.94 bits per heavy atom. The molecule has 2 aromatic heterocycles. The van der Waals surface area contributed by atoms with E-state index < -0.39 is 0 Å². The Bertz CT molecular complexity index is 1270. The molecule has 0 unspecified atom stereocenters. The van der Waals surface area contributed by atoms with Crippen molar-refractivity contribution in [1.82, 2.24) is 14.8 Å². The molecule has 0 aliphatic carbocycles. The number of carbonyl (C=O) groups excluding carboxylic acids is 1. The fourth-order valence-electron chi connectivity index (χ4n) is 3.46. The lowest BCUT2D eigenvalue weighted by Gasteiger charge is -2.12. The van der Waals surface area contributed by atoms with Gasteiger partial charge in [0.05, 0.1) is 12.8 Å². The summed E-state index contributed by atoms with van der Waals surface area (Å²) in [5, 5.41) is 5.24. The fraction of sp³-hybridized carbons (Fsp3) is 0.160. The molecule has 31 heavy (non-hydrogen) atoms. The van der Waals surface area contributed by atoms with Crippen molar-refractivity contribution in [1.29, 1.82) is 0 Å². The number of pyridine rings is 1. The molecule has 4 aromatic rings. The second-order valence-corrected chi connectivity index (χ2v) is 7.18. The molecule has 0 amide bonds. The van der Waals surface area contributed by atoms with Crippen LogP contribution < -0.4 is 9.47 Å². The Morgan fingerprint density at radius 3 is 2.71 bits per heavy atom. The second-order valence-electron chi connectivity index (χ2n) is 7.18. The van der Waals surface area contributed by atoms with E-state index in [1.165, 1.54) is 0 Å². The average Bonchev–Trinajstić information content (AvgIpc) is 3.14. The fourth-order valence-corrected chi connectivity index (χ4v) is 3.46. The standard InChI is InChI=1S/C25H23N3O3/c1-17-14-21(28(2)27-17)22(29)11-9-18-10-12-23(30-3)20(15-18)16-31-24-8-4-6-19-7-5-13-26-25(19)24/h4-15H,16H2,1-3H3/b11-9+. The van der Waals surface area contributed by atoms with Gasteiger partial charge >= 0.3 is 0 Å². The largest absolute Gasteiger partial charge is 0.496 e. The summed E-state index contributed by atoms with van der Waals surface area (Å²) in [7, 11) is 3.39. The van der Waals surface area contributed by atoms with E-state index in [1.807, 2.05) is 55.5 Å². The van der Waals surface area contributed by atoms with Crippen molar-refractivity contribution in [3.63, 3.8) is 0 Å². The Kier molecular flexibility index (Phi) is 5.80. The minimum atomic E-state index is -0.0986. The van der Waals surface area contributed by atoms with Gasteiger partial charge in [-0.25, -0.2) is 0 Å². The molecule has 0 aliphatic rings. The van der Waals surface area contributed by atoms with Crippen LogP contribution in [-0.2, 0) is 13.7 Å². The monoisotopic (exact) mass is 413 g/mol. The van der Waals surface area contributed by atoms with Crippen LogP contribution in [0.15, 0.2) is 66.9 Å². The molecule has 0 radical (unpaired) electrons. The average molecular weight is 413 g/mol. The molecular formula is C25H23N3O3. The first-order chi connectivity index (χ1) is 15.0. The molecule has 0 bridgehead atoms. The number of methoxy groups -OCH3 is 1. The van der Waals surface area contributed by atoms with Gasteiger partial charge < -0.3 is 9.47 Å². The van der Waals surface area contributed by atoms with Crippen LogP contribution in [0.5, 0.6) is 11.5 Å². The SMILES string of the molecule is COc1ccc(/C=C/C(=O)c2cc(C)nn2C)cc1COc1cccc2cccnc12. The predicted octanol–water partition coefficient (Wildman–Crippen LogP) is 4.76. The zero-order valence-electron chi connectivity index (χ0n) is 17.7. The number of aromatic nitrogens is 3. The Balaban J connectivity index is 1.55. The summed E-state index contributed by atoms with van der Waals surface area (Å²) in [6.45, 7) is 2.18. The topological polar surface area (TPSA) is 66.2 Å². The van der Waals surface area contributed by atoms with Crippen LogP contribution in [0.1, 0.15) is 27.3 Å². The van der Waals surface area contributed by atoms with Crippen molar-refractivity contribution < 1.29 is 14.3 Å². The maximum atomic E-state index is 12.5. The van der Waals surface area contributed by atoms with Crippen LogP contribution in [0.3, 0.4) is 0 Å². The Morgan fingerprint density at radius 1 is 1.10 bits per heavy atom. The van der Waals surface area contributed by atoms with Crippen molar-refractivity contribution in [3.8, 4) is 11.5 Å². The lowest BCUT2D eigenvalue weighted by molar-refractivity contribution is 0.103. The van der Waals surface area contributed by atoms with Crippen molar-refractivity contribution in [2.24, 2.45) is 7.05 Å². The molecule has 156 valence electrons. The third-order valence-electron chi connectivity index (χ3n) is 4.96. The van der Waals surface area contributed by atoms with E-state index in [-0.39, 0.29) is 5.78 Å². The van der Waals surface area contributed by atoms with E-state index in [1.54, 1.807) is 43.3 Å². The van der Waals surface area contributed by atoms with Gasteiger partial charge in [0.15, 0.2) is 0 Å². The molecule has 2 heterocycles. The van der Waals surface area contributed by atoms with E-state index in [0.717, 1.165) is 33.5 Å². The van der Waals surface area contributed by atoms with Crippen molar-refractivity contribution in [2.45, 2.75) is 13.5 Å². The molecule has 0 atom stereocenters. The maximum Gasteiger partial charge on any atom is 0.203 e. The number of ether oxygens (including phenoxy) is 2. The molecule has 4 rings (SSSR count). The third-order valence-corrected chi connectivity index (χ3v) is 4.96. The summed E-state index contributed by atoms with van der Waals surface area (Å²) >= 11 is 0. The van der Waals surface area contributed by atoms with Crippen LogP contribution in [0.4, 0.5) is 0 Å². The number of hydrogen-bond acceptors (Lipinski definition) is 5. The molecule has 0 spiro atoms. The molecule has 0 fully saturated rings. The molecular weight excluding hydrogens is 390 g/mol. The summed E-state index contributed by atoms with van der Waals surface area (Å²) < 4.78 is 13.2. The van der Waals surface area contributed by atoms with Gasteiger partial charge in [0.25, 0.3) is 0 Å². The van der Waals surface area contributed by atoms with E-state index >= 15 is 0 Å². The lowest BCUT2D eigenvalue weighted by Crippen LogP contribution is -2.04. The number of ketones is 1. The lowest BCUT2D eigenvalue weighted by atomic mass is 10.1. The minimum Gasteiger partial charge on any atom is -0.496 e. The van der Waals surface area contributed by atoms with E-state index in [4.69, 9.17) is 9.47 Å². The summed E-state index contributed by atoms with van der Waals surface area (Å²) in [5.74, 6) is 1.33. The maximum absolute atomic E-state index is 12.5. The molecule has 0 saturated carbocycles. The van der Waals surface area contributed by atoms with Gasteiger partial charge in [0.2, 0.25) is 5.78 Å². The van der Waals surface area contributed by atoms with Gasteiger partial charge in [-0.15, -0.1) is 0 Å². The van der Waals surface area contributed by atoms with Crippen LogP contribution in [-0.4, -0.2) is 27.7 Å². The van der Waals surface area contributed by atoms with Gasteiger partial charge in [-0.2, -0.15) is 5.10 Å². The highest BCUT2D eigenvalue weighted by atomic mass is 16.5. The molecule has 6 nitrogen and oxygen atoms in total. The van der Waals surface area contributed by atoms with Crippen molar-refractivity contribution >= 4 is 22.8 Å². The normalized spacial score (nSPS) is 11.2. The number of allylic oxidation sites excluding steroid dienone is 1. The third kappa shape index (κ3) is 4.48. The molecule has 0 aliphatic heterocycles. The van der Waals surface area contributed by atoms with Crippen LogP contribution >= 0.6 is 0 Å². The summed E-state index contributed by atoms with van der Waals surface area (Å²) in [6, 6.07) is 17.3. The number of para-hydroxylation sites is 1. The molecule has 6 heteroatoms. The Labute approximate surface area is 180 Å². The number of rotatable bonds is 7. The highest BCUT2D eigenvalue weighted by Crippen LogP contribution is 2.27. The predicted molar refractivity (Wildman–Crippen MR) is 120 cm³/mol. The van der Waals surface area contributed by atoms with Gasteiger partial charge in [0.1, 0.15) is 29.3 Å². The van der Waals surface area contributed by atoms with E-state index in [0.29, 0.717) is 18.1 Å². The first-order valence-electron chi connectivity index (χ1n) is 9.91. The van der Waals surface area contributed by atoms with Gasteiger partial charge in [-0.3, -0.25) is 14.5 Å². The van der Waals surface area contributed by atoms with Crippen LogP contribution in [0, 0.1) is 6.92 Å². The van der Waals surface area contributed by atoms with Crippen LogP contribution in [0.25, 0.3) is 17.0 Å². The number of carbonyl (C=O) groups is 1. The van der Waals surface area contributed by atoms with Crippen molar-refractivity contribution in [2.75, 3.05) is 7.11 Å². The van der Waals surface area contributed by atoms with Crippen LogP contribution in [0.2, 0.25) is 0 Å². The number of fused-ring (bicyclic) bond motifs is 1. The zero-order chi connectivity index (χ0) is 21.8. The van der Waals surface area contributed by atoms with Gasteiger partial charge in [-0.1, -0.05) is 30.3 Å². The van der Waals surface area contributed by atoms with Gasteiger partial charge in [0, 0.05) is 24.2 Å². The highest BCUT2D eigenvalue weighted by Gasteiger charge is 2.10. The molecule has 2 aromatic carbocycles. The molecule has 0 N–H and O–H groups in total. The number of benzene rings is 2.